The predicted octanol–water partition coefficient (Wildman–Crippen LogP) is -1.14. The van der Waals surface area contributed by atoms with Crippen LogP contribution in [0, 0.1) is 5.92 Å². The second-order valence-electron chi connectivity index (χ2n) is 4.20. The maximum absolute atomic E-state index is 11.9. The van der Waals surface area contributed by atoms with Crippen LogP contribution < -0.4 is 11.5 Å². The van der Waals surface area contributed by atoms with Crippen LogP contribution >= 0.6 is 0 Å². The summed E-state index contributed by atoms with van der Waals surface area (Å²) in [5.41, 5.74) is 10.5. The molecule has 4 N–H and O–H groups in total. The molecule has 6 nitrogen and oxygen atoms in total. The molecule has 0 aromatic rings. The van der Waals surface area contributed by atoms with Crippen LogP contribution in [0.25, 0.3) is 0 Å². The van der Waals surface area contributed by atoms with Crippen molar-refractivity contribution in [1.29, 1.82) is 0 Å². The Bertz CT molecular complexity index is 355. The topological polar surface area (TPSA) is 106 Å². The number of nitrogens with two attached hydrogens (primary N) is 2. The van der Waals surface area contributed by atoms with Gasteiger partial charge in [-0.3, -0.25) is 4.79 Å². The summed E-state index contributed by atoms with van der Waals surface area (Å²) in [5, 5.41) is 0. The van der Waals surface area contributed by atoms with Gasteiger partial charge in [0.25, 0.3) is 0 Å². The summed E-state index contributed by atoms with van der Waals surface area (Å²) in [4.78, 5) is 11.1. The van der Waals surface area contributed by atoms with Crippen molar-refractivity contribution in [3.05, 3.63) is 0 Å². The summed E-state index contributed by atoms with van der Waals surface area (Å²) in [6.45, 7) is 2.12. The zero-order chi connectivity index (χ0) is 12.3. The molecule has 1 amide bonds. The van der Waals surface area contributed by atoms with Crippen molar-refractivity contribution in [2.75, 3.05) is 18.8 Å². The Labute approximate surface area is 96.0 Å². The van der Waals surface area contributed by atoms with E-state index in [-0.39, 0.29) is 30.8 Å². The van der Waals surface area contributed by atoms with E-state index in [1.165, 1.54) is 4.31 Å². The summed E-state index contributed by atoms with van der Waals surface area (Å²) in [6.07, 6.45) is 1.32. The molecule has 0 spiro atoms. The number of primary amides is 1. The number of amides is 1. The van der Waals surface area contributed by atoms with E-state index in [1.807, 2.05) is 6.92 Å². The second kappa shape index (κ2) is 5.11. The van der Waals surface area contributed by atoms with Crippen molar-refractivity contribution in [2.24, 2.45) is 17.4 Å². The lowest BCUT2D eigenvalue weighted by molar-refractivity contribution is -0.123. The lowest BCUT2D eigenvalue weighted by atomic mass is 9.95. The van der Waals surface area contributed by atoms with Gasteiger partial charge in [0.1, 0.15) is 0 Å². The fraction of sp³-hybridized carbons (Fsp3) is 0.889. The minimum Gasteiger partial charge on any atom is -0.369 e. The predicted molar refractivity (Wildman–Crippen MR) is 60.9 cm³/mol. The quantitative estimate of drug-likeness (QED) is 0.656. The van der Waals surface area contributed by atoms with Crippen LogP contribution in [0.1, 0.15) is 19.8 Å². The molecular weight excluding hydrogens is 230 g/mol. The van der Waals surface area contributed by atoms with Gasteiger partial charge in [0.05, 0.1) is 11.7 Å². The van der Waals surface area contributed by atoms with Crippen LogP contribution in [-0.4, -0.2) is 43.5 Å². The average molecular weight is 249 g/mol. The van der Waals surface area contributed by atoms with E-state index >= 15 is 0 Å². The molecule has 1 saturated heterocycles. The molecule has 0 aromatic carbocycles. The molecule has 1 heterocycles. The molecule has 1 rings (SSSR count). The van der Waals surface area contributed by atoms with Crippen LogP contribution in [0.2, 0.25) is 0 Å². The molecule has 7 heteroatoms. The number of carbonyl (C=O) groups excluding carboxylic acids is 1. The van der Waals surface area contributed by atoms with Crippen molar-refractivity contribution in [3.63, 3.8) is 0 Å². The summed E-state index contributed by atoms with van der Waals surface area (Å²) < 4.78 is 25.1. The molecular formula is C9H19N3O3S. The Hall–Kier alpha value is -0.660. The fourth-order valence-electron chi connectivity index (χ4n) is 1.96. The van der Waals surface area contributed by atoms with Gasteiger partial charge in [0.15, 0.2) is 0 Å². The Kier molecular flexibility index (Phi) is 4.28. The summed E-state index contributed by atoms with van der Waals surface area (Å²) >= 11 is 0. The molecule has 0 radical (unpaired) electrons. The third-order valence-electron chi connectivity index (χ3n) is 2.96. The molecule has 2 atom stereocenters. The number of piperidine rings is 1. The maximum Gasteiger partial charge on any atom is 0.221 e. The van der Waals surface area contributed by atoms with Gasteiger partial charge in [-0.25, -0.2) is 8.42 Å². The first-order valence-corrected chi connectivity index (χ1v) is 6.98. The highest BCUT2D eigenvalue weighted by molar-refractivity contribution is 7.89. The number of rotatable bonds is 4. The van der Waals surface area contributed by atoms with Gasteiger partial charge in [0.2, 0.25) is 15.9 Å². The molecule has 0 bridgehead atoms. The standard InChI is InChI=1S/C9H19N3O3S/c1-7-2-3-8(9(11)13)6-12(7)16(14,15)5-4-10/h7-8H,2-6,10H2,1H3,(H2,11,13). The van der Waals surface area contributed by atoms with Crippen molar-refractivity contribution in [2.45, 2.75) is 25.8 Å². The smallest absolute Gasteiger partial charge is 0.221 e. The first-order chi connectivity index (χ1) is 7.38. The van der Waals surface area contributed by atoms with E-state index in [4.69, 9.17) is 11.5 Å². The highest BCUT2D eigenvalue weighted by atomic mass is 32.2. The minimum atomic E-state index is -3.35. The molecule has 2 unspecified atom stereocenters. The lowest BCUT2D eigenvalue weighted by Crippen LogP contribution is -2.49. The van der Waals surface area contributed by atoms with Gasteiger partial charge in [-0.2, -0.15) is 4.31 Å². The van der Waals surface area contributed by atoms with Crippen molar-refractivity contribution >= 4 is 15.9 Å². The maximum atomic E-state index is 11.9. The summed E-state index contributed by atoms with van der Waals surface area (Å²) in [6, 6.07) is -0.0767. The number of hydrogen-bond acceptors (Lipinski definition) is 4. The molecule has 0 aliphatic carbocycles. The molecule has 0 saturated carbocycles. The average Bonchev–Trinajstić information content (AvgIpc) is 2.17. The molecule has 1 fully saturated rings. The molecule has 1 aliphatic rings. The SMILES string of the molecule is CC1CCC(C(N)=O)CN1S(=O)(=O)CCN. The monoisotopic (exact) mass is 249 g/mol. The summed E-state index contributed by atoms with van der Waals surface area (Å²) in [5.74, 6) is -0.883. The second-order valence-corrected chi connectivity index (χ2v) is 6.24. The summed E-state index contributed by atoms with van der Waals surface area (Å²) in [7, 11) is -3.35. The van der Waals surface area contributed by atoms with E-state index in [1.54, 1.807) is 0 Å². The van der Waals surface area contributed by atoms with E-state index in [0.717, 1.165) is 0 Å². The molecule has 1 aliphatic heterocycles. The van der Waals surface area contributed by atoms with Crippen LogP contribution in [0.15, 0.2) is 0 Å². The van der Waals surface area contributed by atoms with E-state index in [2.05, 4.69) is 0 Å². The third kappa shape index (κ3) is 2.93. The number of hydrogen-bond donors (Lipinski definition) is 2. The fourth-order valence-corrected chi connectivity index (χ4v) is 3.55. The normalized spacial score (nSPS) is 27.9. The lowest BCUT2D eigenvalue weighted by Gasteiger charge is -2.35. The number of nitrogens with zero attached hydrogens (tertiary/aromatic N) is 1. The van der Waals surface area contributed by atoms with E-state index < -0.39 is 15.9 Å². The van der Waals surface area contributed by atoms with Crippen LogP contribution in [0.4, 0.5) is 0 Å². The zero-order valence-electron chi connectivity index (χ0n) is 9.43. The van der Waals surface area contributed by atoms with Gasteiger partial charge in [-0.15, -0.1) is 0 Å². The van der Waals surface area contributed by atoms with Gasteiger partial charge < -0.3 is 11.5 Å². The largest absolute Gasteiger partial charge is 0.369 e. The Morgan fingerprint density at radius 3 is 2.56 bits per heavy atom. The number of sulfonamides is 1. The highest BCUT2D eigenvalue weighted by Crippen LogP contribution is 2.24. The first kappa shape index (κ1) is 13.4. The minimum absolute atomic E-state index is 0.0767. The van der Waals surface area contributed by atoms with E-state index in [9.17, 15) is 13.2 Å². The Balaban J connectivity index is 2.81. The van der Waals surface area contributed by atoms with Crippen LogP contribution in [0.5, 0.6) is 0 Å². The Morgan fingerprint density at radius 2 is 2.06 bits per heavy atom. The van der Waals surface area contributed by atoms with Crippen LogP contribution in [0.3, 0.4) is 0 Å². The van der Waals surface area contributed by atoms with Crippen molar-refractivity contribution < 1.29 is 13.2 Å². The van der Waals surface area contributed by atoms with Crippen LogP contribution in [-0.2, 0) is 14.8 Å². The first-order valence-electron chi connectivity index (χ1n) is 5.37. The zero-order valence-corrected chi connectivity index (χ0v) is 10.2. The Morgan fingerprint density at radius 1 is 1.44 bits per heavy atom. The third-order valence-corrected chi connectivity index (χ3v) is 4.94. The highest BCUT2D eigenvalue weighted by Gasteiger charge is 2.35. The van der Waals surface area contributed by atoms with Gasteiger partial charge in [0, 0.05) is 19.1 Å². The molecule has 94 valence electrons. The van der Waals surface area contributed by atoms with Gasteiger partial charge >= 0.3 is 0 Å². The number of carbonyl (C=O) groups is 1. The van der Waals surface area contributed by atoms with Crippen molar-refractivity contribution in [1.82, 2.24) is 4.31 Å². The van der Waals surface area contributed by atoms with Gasteiger partial charge in [-0.05, 0) is 19.8 Å². The molecule has 0 aromatic heterocycles. The van der Waals surface area contributed by atoms with Gasteiger partial charge in [-0.1, -0.05) is 0 Å². The van der Waals surface area contributed by atoms with E-state index in [0.29, 0.717) is 12.8 Å². The molecule has 16 heavy (non-hydrogen) atoms. The van der Waals surface area contributed by atoms with Crippen molar-refractivity contribution in [3.8, 4) is 0 Å².